The van der Waals surface area contributed by atoms with Crippen LogP contribution >= 0.6 is 0 Å². The summed E-state index contributed by atoms with van der Waals surface area (Å²) in [4.78, 5) is 0. The number of nitriles is 1. The van der Waals surface area contributed by atoms with E-state index in [2.05, 4.69) is 19.9 Å². The molecule has 1 aliphatic heterocycles. The summed E-state index contributed by atoms with van der Waals surface area (Å²) in [7, 11) is 0. The molecule has 0 aromatic carbocycles. The predicted octanol–water partition coefficient (Wildman–Crippen LogP) is 2.25. The minimum Gasteiger partial charge on any atom is -0.388 e. The number of ether oxygens (including phenoxy) is 1. The van der Waals surface area contributed by atoms with E-state index in [1.807, 2.05) is 0 Å². The molecule has 0 amide bonds. The van der Waals surface area contributed by atoms with Crippen LogP contribution in [0, 0.1) is 22.2 Å². The molecule has 2 aliphatic rings. The summed E-state index contributed by atoms with van der Waals surface area (Å²) in [5.74, 6) is 0. The first-order valence-electron chi connectivity index (χ1n) is 6.15. The van der Waals surface area contributed by atoms with Gasteiger partial charge in [-0.2, -0.15) is 5.26 Å². The molecule has 90 valence electrons. The number of nitrogens with zero attached hydrogens (tertiary/aromatic N) is 1. The van der Waals surface area contributed by atoms with Crippen molar-refractivity contribution in [3.8, 4) is 6.07 Å². The maximum Gasteiger partial charge on any atom is 0.109 e. The molecule has 3 heteroatoms. The highest BCUT2D eigenvalue weighted by Gasteiger charge is 2.57. The van der Waals surface area contributed by atoms with Crippen LogP contribution in [0.15, 0.2) is 0 Å². The maximum absolute atomic E-state index is 10.8. The molecular formula is C13H21NO2. The molecule has 1 saturated heterocycles. The van der Waals surface area contributed by atoms with E-state index in [9.17, 15) is 10.4 Å². The standard InChI is InChI=1S/C13H21NO2/c1-11(2)5-6-13(15,8-11)12(9-14)4-3-7-16-10-12/h15H,3-8,10H2,1-2H3. The Balaban J connectivity index is 2.25. The largest absolute Gasteiger partial charge is 0.388 e. The van der Waals surface area contributed by atoms with Gasteiger partial charge in [-0.1, -0.05) is 13.8 Å². The minimum atomic E-state index is -0.842. The Morgan fingerprint density at radius 1 is 1.25 bits per heavy atom. The topological polar surface area (TPSA) is 53.2 Å². The van der Waals surface area contributed by atoms with Crippen molar-refractivity contribution in [3.63, 3.8) is 0 Å². The number of hydrogen-bond donors (Lipinski definition) is 1. The van der Waals surface area contributed by atoms with E-state index in [-0.39, 0.29) is 5.41 Å². The van der Waals surface area contributed by atoms with Gasteiger partial charge in [0.1, 0.15) is 5.41 Å². The van der Waals surface area contributed by atoms with Crippen molar-refractivity contribution in [3.05, 3.63) is 0 Å². The van der Waals surface area contributed by atoms with Gasteiger partial charge in [-0.15, -0.1) is 0 Å². The third-order valence-electron chi connectivity index (χ3n) is 4.33. The van der Waals surface area contributed by atoms with Crippen LogP contribution in [0.5, 0.6) is 0 Å². The highest BCUT2D eigenvalue weighted by atomic mass is 16.5. The Kier molecular flexibility index (Phi) is 2.76. The molecule has 0 aromatic heterocycles. The summed E-state index contributed by atoms with van der Waals surface area (Å²) in [5, 5.41) is 20.2. The van der Waals surface area contributed by atoms with Gasteiger partial charge in [0.05, 0.1) is 18.3 Å². The number of aliphatic hydroxyl groups is 1. The minimum absolute atomic E-state index is 0.149. The van der Waals surface area contributed by atoms with Crippen LogP contribution in [-0.4, -0.2) is 23.9 Å². The molecule has 0 bridgehead atoms. The Morgan fingerprint density at radius 3 is 2.44 bits per heavy atom. The third-order valence-corrected chi connectivity index (χ3v) is 4.33. The lowest BCUT2D eigenvalue weighted by molar-refractivity contribution is -0.118. The van der Waals surface area contributed by atoms with Crippen LogP contribution in [0.25, 0.3) is 0 Å². The van der Waals surface area contributed by atoms with Crippen molar-refractivity contribution in [2.45, 2.75) is 51.6 Å². The molecular weight excluding hydrogens is 202 g/mol. The van der Waals surface area contributed by atoms with Crippen LogP contribution in [0.2, 0.25) is 0 Å². The van der Waals surface area contributed by atoms with Crippen molar-refractivity contribution in [1.82, 2.24) is 0 Å². The van der Waals surface area contributed by atoms with Crippen LogP contribution in [0.1, 0.15) is 46.0 Å². The van der Waals surface area contributed by atoms with Crippen LogP contribution in [-0.2, 0) is 4.74 Å². The lowest BCUT2D eigenvalue weighted by Crippen LogP contribution is -2.51. The third kappa shape index (κ3) is 1.74. The molecule has 0 radical (unpaired) electrons. The molecule has 2 rings (SSSR count). The zero-order chi connectivity index (χ0) is 11.9. The molecule has 2 fully saturated rings. The Morgan fingerprint density at radius 2 is 2.00 bits per heavy atom. The van der Waals surface area contributed by atoms with Crippen molar-refractivity contribution < 1.29 is 9.84 Å². The van der Waals surface area contributed by atoms with E-state index in [0.717, 1.165) is 38.7 Å². The molecule has 2 atom stereocenters. The summed E-state index contributed by atoms with van der Waals surface area (Å²) < 4.78 is 5.44. The Hall–Kier alpha value is -0.590. The van der Waals surface area contributed by atoms with Gasteiger partial charge in [0.15, 0.2) is 0 Å². The van der Waals surface area contributed by atoms with Crippen LogP contribution in [0.4, 0.5) is 0 Å². The van der Waals surface area contributed by atoms with Crippen molar-refractivity contribution in [1.29, 1.82) is 5.26 Å². The highest BCUT2D eigenvalue weighted by molar-refractivity contribution is 5.16. The summed E-state index contributed by atoms with van der Waals surface area (Å²) in [6, 6.07) is 2.36. The SMILES string of the molecule is CC1(C)CCC(O)(C2(C#N)CCCOC2)C1. The highest BCUT2D eigenvalue weighted by Crippen LogP contribution is 2.54. The van der Waals surface area contributed by atoms with Gasteiger partial charge >= 0.3 is 0 Å². The number of hydrogen-bond acceptors (Lipinski definition) is 3. The number of rotatable bonds is 1. The molecule has 1 aliphatic carbocycles. The van der Waals surface area contributed by atoms with E-state index in [4.69, 9.17) is 4.74 Å². The normalized spacial score (nSPS) is 42.9. The summed E-state index contributed by atoms with van der Waals surface area (Å²) >= 11 is 0. The monoisotopic (exact) mass is 223 g/mol. The first-order valence-corrected chi connectivity index (χ1v) is 6.15. The van der Waals surface area contributed by atoms with Gasteiger partial charge in [-0.3, -0.25) is 0 Å². The van der Waals surface area contributed by atoms with Crippen LogP contribution in [0.3, 0.4) is 0 Å². The molecule has 0 aromatic rings. The van der Waals surface area contributed by atoms with Crippen molar-refractivity contribution >= 4 is 0 Å². The van der Waals surface area contributed by atoms with E-state index in [1.165, 1.54) is 0 Å². The lowest BCUT2D eigenvalue weighted by atomic mass is 9.67. The molecule has 1 N–H and O–H groups in total. The van der Waals surface area contributed by atoms with E-state index in [0.29, 0.717) is 6.61 Å². The van der Waals surface area contributed by atoms with Gasteiger partial charge < -0.3 is 9.84 Å². The zero-order valence-electron chi connectivity index (χ0n) is 10.3. The smallest absolute Gasteiger partial charge is 0.109 e. The molecule has 2 unspecified atom stereocenters. The average Bonchev–Trinajstić information content (AvgIpc) is 2.55. The molecule has 16 heavy (non-hydrogen) atoms. The Labute approximate surface area is 97.4 Å². The van der Waals surface area contributed by atoms with E-state index >= 15 is 0 Å². The van der Waals surface area contributed by atoms with Crippen LogP contribution < -0.4 is 0 Å². The second kappa shape index (κ2) is 3.72. The quantitative estimate of drug-likeness (QED) is 0.741. The Bertz CT molecular complexity index is 312. The predicted molar refractivity (Wildman–Crippen MR) is 60.7 cm³/mol. The summed E-state index contributed by atoms with van der Waals surface area (Å²) in [6.45, 7) is 5.46. The first-order chi connectivity index (χ1) is 7.43. The molecule has 0 spiro atoms. The molecule has 3 nitrogen and oxygen atoms in total. The van der Waals surface area contributed by atoms with Crippen molar-refractivity contribution in [2.75, 3.05) is 13.2 Å². The fraction of sp³-hybridized carbons (Fsp3) is 0.923. The van der Waals surface area contributed by atoms with Gasteiger partial charge in [0.2, 0.25) is 0 Å². The maximum atomic E-state index is 10.8. The lowest BCUT2D eigenvalue weighted by Gasteiger charge is -2.43. The summed E-state index contributed by atoms with van der Waals surface area (Å²) in [5.41, 5.74) is -1.36. The fourth-order valence-corrected chi connectivity index (χ4v) is 3.28. The second-order valence-corrected chi connectivity index (χ2v) is 6.22. The molecule has 1 heterocycles. The van der Waals surface area contributed by atoms with Gasteiger partial charge in [-0.05, 0) is 37.5 Å². The van der Waals surface area contributed by atoms with Crippen molar-refractivity contribution in [2.24, 2.45) is 10.8 Å². The second-order valence-electron chi connectivity index (χ2n) is 6.22. The average molecular weight is 223 g/mol. The van der Waals surface area contributed by atoms with Gasteiger partial charge in [-0.25, -0.2) is 0 Å². The van der Waals surface area contributed by atoms with E-state index < -0.39 is 11.0 Å². The first kappa shape index (κ1) is 11.9. The molecule has 1 saturated carbocycles. The van der Waals surface area contributed by atoms with E-state index in [1.54, 1.807) is 0 Å². The summed E-state index contributed by atoms with van der Waals surface area (Å²) in [6.07, 6.45) is 4.10. The zero-order valence-corrected chi connectivity index (χ0v) is 10.3. The van der Waals surface area contributed by atoms with Gasteiger partial charge in [0.25, 0.3) is 0 Å². The fourth-order valence-electron chi connectivity index (χ4n) is 3.28. The van der Waals surface area contributed by atoms with Gasteiger partial charge in [0, 0.05) is 6.61 Å².